The highest BCUT2D eigenvalue weighted by Gasteiger charge is 2.17. The third-order valence-electron chi connectivity index (χ3n) is 4.22. The van der Waals surface area contributed by atoms with Crippen molar-refractivity contribution in [1.82, 2.24) is 24.5 Å². The number of imidazole rings is 1. The number of pyridine rings is 1. The van der Waals surface area contributed by atoms with E-state index < -0.39 is 0 Å². The first kappa shape index (κ1) is 14.3. The van der Waals surface area contributed by atoms with Crippen LogP contribution in [0.15, 0.2) is 36.7 Å². The zero-order chi connectivity index (χ0) is 15.6. The van der Waals surface area contributed by atoms with Crippen molar-refractivity contribution in [2.75, 3.05) is 26.3 Å². The number of hydrogen-bond donors (Lipinski definition) is 0. The van der Waals surface area contributed by atoms with Gasteiger partial charge in [-0.25, -0.2) is 9.50 Å². The van der Waals surface area contributed by atoms with Crippen LogP contribution < -0.4 is 0 Å². The van der Waals surface area contributed by atoms with Gasteiger partial charge in [0.15, 0.2) is 5.65 Å². The molecule has 3 aromatic heterocycles. The molecule has 0 spiro atoms. The molecule has 23 heavy (non-hydrogen) atoms. The summed E-state index contributed by atoms with van der Waals surface area (Å²) in [4.78, 5) is 11.1. The molecule has 6 nitrogen and oxygen atoms in total. The number of rotatable bonds is 3. The molecule has 6 heteroatoms. The maximum Gasteiger partial charge on any atom is 0.154 e. The van der Waals surface area contributed by atoms with Crippen molar-refractivity contribution in [3.63, 3.8) is 0 Å². The Kier molecular flexibility index (Phi) is 3.77. The Morgan fingerprint density at radius 3 is 2.65 bits per heavy atom. The van der Waals surface area contributed by atoms with Gasteiger partial charge in [-0.15, -0.1) is 0 Å². The van der Waals surface area contributed by atoms with Gasteiger partial charge in [-0.3, -0.25) is 9.88 Å². The third kappa shape index (κ3) is 2.83. The van der Waals surface area contributed by atoms with E-state index in [1.807, 2.05) is 28.8 Å². The van der Waals surface area contributed by atoms with Crippen molar-refractivity contribution < 1.29 is 4.74 Å². The molecular formula is C17H19N5O. The van der Waals surface area contributed by atoms with Gasteiger partial charge in [-0.2, -0.15) is 5.10 Å². The van der Waals surface area contributed by atoms with Crippen molar-refractivity contribution in [3.8, 4) is 11.3 Å². The van der Waals surface area contributed by atoms with E-state index in [0.717, 1.165) is 61.1 Å². The molecule has 0 bridgehead atoms. The Hall–Kier alpha value is -2.31. The van der Waals surface area contributed by atoms with Gasteiger partial charge in [-0.05, 0) is 31.2 Å². The van der Waals surface area contributed by atoms with E-state index in [4.69, 9.17) is 9.84 Å². The van der Waals surface area contributed by atoms with Gasteiger partial charge in [0.25, 0.3) is 0 Å². The van der Waals surface area contributed by atoms with E-state index >= 15 is 0 Å². The minimum absolute atomic E-state index is 0.797. The van der Waals surface area contributed by atoms with Crippen LogP contribution in [0.4, 0.5) is 0 Å². The first-order chi connectivity index (χ1) is 11.3. The van der Waals surface area contributed by atoms with E-state index in [9.17, 15) is 0 Å². The molecule has 0 unspecified atom stereocenters. The quantitative estimate of drug-likeness (QED) is 0.740. The monoisotopic (exact) mass is 309 g/mol. The molecule has 0 atom stereocenters. The molecule has 0 radical (unpaired) electrons. The number of aromatic nitrogens is 4. The average Bonchev–Trinajstić information content (AvgIpc) is 2.92. The summed E-state index contributed by atoms with van der Waals surface area (Å²) >= 11 is 0. The summed E-state index contributed by atoms with van der Waals surface area (Å²) in [6.07, 6.45) is 3.57. The molecule has 0 saturated carbocycles. The van der Waals surface area contributed by atoms with Crippen molar-refractivity contribution in [2.24, 2.45) is 0 Å². The first-order valence-corrected chi connectivity index (χ1v) is 7.87. The van der Waals surface area contributed by atoms with E-state index in [2.05, 4.69) is 21.8 Å². The second-order valence-electron chi connectivity index (χ2n) is 5.76. The summed E-state index contributed by atoms with van der Waals surface area (Å²) in [7, 11) is 0. The highest BCUT2D eigenvalue weighted by Crippen LogP contribution is 2.19. The smallest absolute Gasteiger partial charge is 0.154 e. The molecule has 4 rings (SSSR count). The first-order valence-electron chi connectivity index (χ1n) is 7.87. The minimum atomic E-state index is 0.797. The number of fused-ring (bicyclic) bond motifs is 1. The average molecular weight is 309 g/mol. The second kappa shape index (κ2) is 6.06. The van der Waals surface area contributed by atoms with Crippen LogP contribution in [-0.4, -0.2) is 50.8 Å². The van der Waals surface area contributed by atoms with E-state index in [0.29, 0.717) is 0 Å². The maximum atomic E-state index is 5.43. The van der Waals surface area contributed by atoms with Crippen LogP contribution in [0, 0.1) is 6.92 Å². The molecular weight excluding hydrogens is 290 g/mol. The lowest BCUT2D eigenvalue weighted by Crippen LogP contribution is -2.36. The van der Waals surface area contributed by atoms with Gasteiger partial charge in [0.1, 0.15) is 0 Å². The van der Waals surface area contributed by atoms with Crippen LogP contribution >= 0.6 is 0 Å². The van der Waals surface area contributed by atoms with Crippen molar-refractivity contribution in [2.45, 2.75) is 13.5 Å². The highest BCUT2D eigenvalue weighted by atomic mass is 16.5. The summed E-state index contributed by atoms with van der Waals surface area (Å²) in [5.41, 5.74) is 5.07. The number of nitrogens with zero attached hydrogens (tertiary/aromatic N) is 5. The molecule has 0 amide bonds. The van der Waals surface area contributed by atoms with Gasteiger partial charge in [0, 0.05) is 37.6 Å². The Morgan fingerprint density at radius 1 is 1.09 bits per heavy atom. The minimum Gasteiger partial charge on any atom is -0.379 e. The zero-order valence-corrected chi connectivity index (χ0v) is 13.1. The third-order valence-corrected chi connectivity index (χ3v) is 4.22. The number of hydrogen-bond acceptors (Lipinski definition) is 5. The van der Waals surface area contributed by atoms with Crippen molar-refractivity contribution in [1.29, 1.82) is 0 Å². The second-order valence-corrected chi connectivity index (χ2v) is 5.76. The molecule has 118 valence electrons. The molecule has 1 aliphatic heterocycles. The molecule has 0 aromatic carbocycles. The Bertz CT molecular complexity index is 808. The fraction of sp³-hybridized carbons (Fsp3) is 0.353. The van der Waals surface area contributed by atoms with Gasteiger partial charge < -0.3 is 4.74 Å². The van der Waals surface area contributed by atoms with Crippen LogP contribution in [0.1, 0.15) is 11.4 Å². The Labute approximate surface area is 134 Å². The van der Waals surface area contributed by atoms with Crippen LogP contribution in [0.5, 0.6) is 0 Å². The van der Waals surface area contributed by atoms with Gasteiger partial charge >= 0.3 is 0 Å². The number of morpholine rings is 1. The molecule has 1 fully saturated rings. The summed E-state index contributed by atoms with van der Waals surface area (Å²) in [5.74, 6) is 0. The Balaban J connectivity index is 1.73. The lowest BCUT2D eigenvalue weighted by Gasteiger charge is -2.26. The topological polar surface area (TPSA) is 55.5 Å². The van der Waals surface area contributed by atoms with Crippen molar-refractivity contribution in [3.05, 3.63) is 48.0 Å². The van der Waals surface area contributed by atoms with Gasteiger partial charge in [-0.1, -0.05) is 0 Å². The normalized spacial score (nSPS) is 16.0. The van der Waals surface area contributed by atoms with Crippen LogP contribution in [0.2, 0.25) is 0 Å². The van der Waals surface area contributed by atoms with Crippen LogP contribution in [-0.2, 0) is 11.3 Å². The molecule has 1 aliphatic rings. The zero-order valence-electron chi connectivity index (χ0n) is 13.1. The molecule has 0 N–H and O–H groups in total. The largest absolute Gasteiger partial charge is 0.379 e. The number of ether oxygens (including phenoxy) is 1. The SMILES string of the molecule is Cc1nc2ccc(-c3ccncc3)nn2c1CN1CCOCC1. The summed E-state index contributed by atoms with van der Waals surface area (Å²) < 4.78 is 7.40. The van der Waals surface area contributed by atoms with E-state index in [-0.39, 0.29) is 0 Å². The van der Waals surface area contributed by atoms with Gasteiger partial charge in [0.2, 0.25) is 0 Å². The molecule has 4 heterocycles. The summed E-state index contributed by atoms with van der Waals surface area (Å²) in [6.45, 7) is 6.41. The van der Waals surface area contributed by atoms with Crippen LogP contribution in [0.25, 0.3) is 16.9 Å². The summed E-state index contributed by atoms with van der Waals surface area (Å²) in [5, 5.41) is 4.80. The lowest BCUT2D eigenvalue weighted by molar-refractivity contribution is 0.0333. The fourth-order valence-corrected chi connectivity index (χ4v) is 2.92. The number of aryl methyl sites for hydroxylation is 1. The van der Waals surface area contributed by atoms with Crippen molar-refractivity contribution >= 4 is 5.65 Å². The van der Waals surface area contributed by atoms with Crippen LogP contribution in [0.3, 0.4) is 0 Å². The predicted octanol–water partition coefficient (Wildman–Crippen LogP) is 1.93. The molecule has 3 aromatic rings. The molecule has 1 saturated heterocycles. The highest BCUT2D eigenvalue weighted by molar-refractivity contribution is 5.59. The summed E-state index contributed by atoms with van der Waals surface area (Å²) in [6, 6.07) is 7.98. The van der Waals surface area contributed by atoms with E-state index in [1.165, 1.54) is 0 Å². The lowest BCUT2D eigenvalue weighted by atomic mass is 10.2. The molecule has 0 aliphatic carbocycles. The maximum absolute atomic E-state index is 5.43. The standard InChI is InChI=1S/C17H19N5O/c1-13-16(12-21-8-10-23-11-9-21)22-17(19-13)3-2-15(20-22)14-4-6-18-7-5-14/h2-7H,8-12H2,1H3. The van der Waals surface area contributed by atoms with Gasteiger partial charge in [0.05, 0.1) is 30.3 Å². The fourth-order valence-electron chi connectivity index (χ4n) is 2.92. The predicted molar refractivity (Wildman–Crippen MR) is 87.1 cm³/mol. The Morgan fingerprint density at radius 2 is 1.87 bits per heavy atom. The van der Waals surface area contributed by atoms with E-state index in [1.54, 1.807) is 12.4 Å².